The van der Waals surface area contributed by atoms with Crippen LogP contribution >= 0.6 is 0 Å². The van der Waals surface area contributed by atoms with Crippen LogP contribution in [0.15, 0.2) is 29.3 Å². The van der Waals surface area contributed by atoms with Gasteiger partial charge >= 0.3 is 0 Å². The van der Waals surface area contributed by atoms with Gasteiger partial charge in [-0.2, -0.15) is 0 Å². The largest absolute Gasteiger partial charge is 0.288 e. The van der Waals surface area contributed by atoms with E-state index >= 15 is 0 Å². The number of unbranched alkanes of at least 4 members (excludes halogenated alkanes) is 1. The summed E-state index contributed by atoms with van der Waals surface area (Å²) in [6.07, 6.45) is 8.81. The monoisotopic (exact) mass is 384 g/mol. The number of rotatable bonds is 10. The summed E-state index contributed by atoms with van der Waals surface area (Å²) >= 11 is 0. The molecule has 1 atom stereocenters. The Kier molecular flexibility index (Phi) is 8.43. The zero-order valence-corrected chi connectivity index (χ0v) is 18.0. The number of hydrogen-bond acceptors (Lipinski definition) is 3. The van der Waals surface area contributed by atoms with Gasteiger partial charge < -0.3 is 0 Å². The van der Waals surface area contributed by atoms with Gasteiger partial charge in [0.1, 0.15) is 0 Å². The van der Waals surface area contributed by atoms with Crippen molar-refractivity contribution in [1.29, 1.82) is 0 Å². The Hall–Kier alpha value is -1.94. The molecule has 0 bridgehead atoms. The molecular weight excluding hydrogens is 348 g/mol. The molecule has 1 aromatic carbocycles. The summed E-state index contributed by atoms with van der Waals surface area (Å²) in [5.41, 5.74) is 6.21. The second-order valence-electron chi connectivity index (χ2n) is 8.62. The van der Waals surface area contributed by atoms with Crippen LogP contribution in [0.25, 0.3) is 6.08 Å². The molecule has 1 heterocycles. The first-order valence-electron chi connectivity index (χ1n) is 10.7. The Balaban J connectivity index is 2.22. The molecule has 1 amide bonds. The molecule has 0 saturated heterocycles. The molecule has 1 aromatic rings. The van der Waals surface area contributed by atoms with Crippen LogP contribution in [0.1, 0.15) is 83.8 Å². The highest BCUT2D eigenvalue weighted by molar-refractivity contribution is 5.98. The summed E-state index contributed by atoms with van der Waals surface area (Å²) < 4.78 is 0. The molecule has 154 valence electrons. The number of aliphatic imine (C=N–C) groups is 1. The van der Waals surface area contributed by atoms with Crippen molar-refractivity contribution < 1.29 is 10.0 Å². The first kappa shape index (κ1) is 22.4. The smallest absolute Gasteiger partial charge is 0.267 e. The summed E-state index contributed by atoms with van der Waals surface area (Å²) in [6, 6.07) is 6.25. The fourth-order valence-electron chi connectivity index (χ4n) is 4.38. The number of nitrogens with one attached hydrogen (secondary N) is 1. The van der Waals surface area contributed by atoms with Crippen LogP contribution in [-0.4, -0.2) is 16.8 Å². The van der Waals surface area contributed by atoms with E-state index in [2.05, 4.69) is 40.7 Å². The average Bonchev–Trinajstić information content (AvgIpc) is 3.00. The van der Waals surface area contributed by atoms with Crippen LogP contribution < -0.4 is 5.48 Å². The maximum absolute atomic E-state index is 11.2. The molecular formula is C24H36N2O2. The molecule has 1 aliphatic heterocycles. The molecule has 0 spiro atoms. The van der Waals surface area contributed by atoms with Crippen molar-refractivity contribution >= 4 is 23.4 Å². The number of fused-ring (bicyclic) bond motifs is 1. The van der Waals surface area contributed by atoms with E-state index in [0.29, 0.717) is 17.8 Å². The van der Waals surface area contributed by atoms with E-state index in [1.54, 1.807) is 11.6 Å². The maximum Gasteiger partial charge on any atom is 0.267 e. The first-order chi connectivity index (χ1) is 13.4. The van der Waals surface area contributed by atoms with E-state index in [4.69, 9.17) is 10.2 Å². The maximum atomic E-state index is 11.2. The third-order valence-corrected chi connectivity index (χ3v) is 5.92. The van der Waals surface area contributed by atoms with Gasteiger partial charge in [-0.1, -0.05) is 53.2 Å². The van der Waals surface area contributed by atoms with Crippen molar-refractivity contribution in [2.75, 3.05) is 0 Å². The number of hydrogen-bond donors (Lipinski definition) is 2. The Morgan fingerprint density at radius 2 is 1.96 bits per heavy atom. The van der Waals surface area contributed by atoms with Gasteiger partial charge in [-0.3, -0.25) is 15.0 Å². The number of carbonyl (C=O) groups excluding carboxylic acids is 1. The first-order valence-corrected chi connectivity index (χ1v) is 10.7. The molecule has 4 heteroatoms. The van der Waals surface area contributed by atoms with Crippen LogP contribution in [-0.2, 0) is 4.79 Å². The lowest BCUT2D eigenvalue weighted by molar-refractivity contribution is -0.124. The molecule has 2 N–H and O–H groups in total. The Morgan fingerprint density at radius 3 is 2.57 bits per heavy atom. The number of hydroxylamine groups is 1. The van der Waals surface area contributed by atoms with E-state index in [1.165, 1.54) is 36.6 Å². The molecule has 2 rings (SSSR count). The lowest BCUT2D eigenvalue weighted by Crippen LogP contribution is -2.18. The minimum absolute atomic E-state index is 0.417. The van der Waals surface area contributed by atoms with E-state index < -0.39 is 5.91 Å². The van der Waals surface area contributed by atoms with E-state index in [0.717, 1.165) is 30.0 Å². The van der Waals surface area contributed by atoms with Gasteiger partial charge in [-0.15, -0.1) is 0 Å². The molecule has 0 aliphatic carbocycles. The van der Waals surface area contributed by atoms with Crippen LogP contribution in [0.2, 0.25) is 0 Å². The summed E-state index contributed by atoms with van der Waals surface area (Å²) in [5.74, 6) is 2.01. The molecule has 0 fully saturated rings. The van der Waals surface area contributed by atoms with Crippen molar-refractivity contribution in [1.82, 2.24) is 5.48 Å². The third kappa shape index (κ3) is 5.78. The van der Waals surface area contributed by atoms with E-state index in [9.17, 15) is 4.79 Å². The normalized spacial score (nSPS) is 16.3. The zero-order valence-electron chi connectivity index (χ0n) is 18.0. The van der Waals surface area contributed by atoms with E-state index in [-0.39, 0.29) is 0 Å². The summed E-state index contributed by atoms with van der Waals surface area (Å²) in [6.45, 7) is 11.6. The minimum atomic E-state index is -0.529. The Labute approximate surface area is 170 Å². The highest BCUT2D eigenvalue weighted by Gasteiger charge is 2.28. The average molecular weight is 385 g/mol. The van der Waals surface area contributed by atoms with Crippen LogP contribution in [0, 0.1) is 17.8 Å². The molecule has 1 unspecified atom stereocenters. The molecule has 4 nitrogen and oxygen atoms in total. The zero-order chi connectivity index (χ0) is 20.7. The highest BCUT2D eigenvalue weighted by atomic mass is 16.5. The standard InChI is InChI=1S/C24H36N2O2/c1-6-7-8-22-20(13-12-19(16(2)3)17(4)5)21-11-9-18(15-23(21)25-22)10-14-24(27)26-28/h9-11,14-17,19-20,28H,6-8,12-13H2,1-5H3,(H,26,27)/b14-10+. The third-order valence-electron chi connectivity index (χ3n) is 5.92. The van der Waals surface area contributed by atoms with Crippen molar-refractivity contribution in [3.8, 4) is 0 Å². The lowest BCUT2D eigenvalue weighted by Gasteiger charge is -2.26. The molecule has 0 aromatic heterocycles. The Bertz CT molecular complexity index is 711. The fourth-order valence-corrected chi connectivity index (χ4v) is 4.38. The van der Waals surface area contributed by atoms with Crippen LogP contribution in [0.5, 0.6) is 0 Å². The van der Waals surface area contributed by atoms with Crippen molar-refractivity contribution in [3.63, 3.8) is 0 Å². The van der Waals surface area contributed by atoms with Gasteiger partial charge in [0.2, 0.25) is 0 Å². The van der Waals surface area contributed by atoms with Crippen LogP contribution in [0.4, 0.5) is 5.69 Å². The molecule has 0 saturated carbocycles. The molecule has 1 aliphatic rings. The van der Waals surface area contributed by atoms with Crippen molar-refractivity contribution in [2.24, 2.45) is 22.7 Å². The lowest BCUT2D eigenvalue weighted by atomic mass is 9.78. The molecule has 28 heavy (non-hydrogen) atoms. The predicted molar refractivity (Wildman–Crippen MR) is 117 cm³/mol. The number of nitrogens with zero attached hydrogens (tertiary/aromatic N) is 1. The topological polar surface area (TPSA) is 61.7 Å². The van der Waals surface area contributed by atoms with Crippen LogP contribution in [0.3, 0.4) is 0 Å². The fraction of sp³-hybridized carbons (Fsp3) is 0.583. The Morgan fingerprint density at radius 1 is 1.25 bits per heavy atom. The van der Waals surface area contributed by atoms with Crippen molar-refractivity contribution in [3.05, 3.63) is 35.4 Å². The quantitative estimate of drug-likeness (QED) is 0.283. The summed E-state index contributed by atoms with van der Waals surface area (Å²) in [7, 11) is 0. The summed E-state index contributed by atoms with van der Waals surface area (Å²) in [5, 5.41) is 8.63. The second-order valence-corrected chi connectivity index (χ2v) is 8.62. The number of amides is 1. The van der Waals surface area contributed by atoms with Crippen molar-refractivity contribution in [2.45, 2.75) is 72.6 Å². The highest BCUT2D eigenvalue weighted by Crippen LogP contribution is 2.42. The SMILES string of the molecule is CCCCC1=Nc2cc(/C=C/C(=O)NO)ccc2C1CCC(C(C)C)C(C)C. The number of benzene rings is 1. The minimum Gasteiger partial charge on any atom is -0.288 e. The van der Waals surface area contributed by atoms with Gasteiger partial charge in [0.15, 0.2) is 0 Å². The van der Waals surface area contributed by atoms with Gasteiger partial charge in [-0.25, -0.2) is 5.48 Å². The van der Waals surface area contributed by atoms with Gasteiger partial charge in [0.25, 0.3) is 5.91 Å². The number of carbonyl (C=O) groups is 1. The molecule has 0 radical (unpaired) electrons. The van der Waals surface area contributed by atoms with Gasteiger partial charge in [0, 0.05) is 17.7 Å². The van der Waals surface area contributed by atoms with Gasteiger partial charge in [-0.05, 0) is 66.7 Å². The van der Waals surface area contributed by atoms with E-state index in [1.807, 2.05) is 12.1 Å². The predicted octanol–water partition coefficient (Wildman–Crippen LogP) is 6.27. The second kappa shape index (κ2) is 10.6. The van der Waals surface area contributed by atoms with Gasteiger partial charge in [0.05, 0.1) is 5.69 Å². The summed E-state index contributed by atoms with van der Waals surface area (Å²) in [4.78, 5) is 16.2.